The molecule has 1 saturated heterocycles. The van der Waals surface area contributed by atoms with Gasteiger partial charge in [0.2, 0.25) is 0 Å². The fourth-order valence-electron chi connectivity index (χ4n) is 3.23. The number of aryl methyl sites for hydroxylation is 2. The van der Waals surface area contributed by atoms with Crippen molar-refractivity contribution in [2.45, 2.75) is 32.4 Å². The van der Waals surface area contributed by atoms with E-state index in [4.69, 9.17) is 0 Å². The van der Waals surface area contributed by atoms with Crippen LogP contribution in [0.15, 0.2) is 30.3 Å². The summed E-state index contributed by atoms with van der Waals surface area (Å²) in [5, 5.41) is 12.5. The quantitative estimate of drug-likeness (QED) is 0.811. The van der Waals surface area contributed by atoms with E-state index in [1.165, 1.54) is 5.56 Å². The van der Waals surface area contributed by atoms with E-state index < -0.39 is 0 Å². The number of hydrogen-bond acceptors (Lipinski definition) is 5. The number of nitrogens with zero attached hydrogens (tertiary/aromatic N) is 6. The molecule has 1 aliphatic rings. The van der Waals surface area contributed by atoms with Gasteiger partial charge in [-0.2, -0.15) is 0 Å². The van der Waals surface area contributed by atoms with Crippen LogP contribution in [0, 0.1) is 0 Å². The van der Waals surface area contributed by atoms with Crippen LogP contribution in [0.5, 0.6) is 0 Å². The molecule has 0 spiro atoms. The zero-order chi connectivity index (χ0) is 16.1. The Balaban J connectivity index is 1.68. The van der Waals surface area contributed by atoms with Crippen LogP contribution < -0.4 is 0 Å². The lowest BCUT2D eigenvalue weighted by Gasteiger charge is -2.36. The van der Waals surface area contributed by atoms with E-state index >= 15 is 0 Å². The predicted molar refractivity (Wildman–Crippen MR) is 90.1 cm³/mol. The van der Waals surface area contributed by atoms with Crippen molar-refractivity contribution >= 4 is 0 Å². The second-order valence-electron chi connectivity index (χ2n) is 6.26. The molecule has 1 aromatic heterocycles. The number of piperazine rings is 1. The molecule has 6 nitrogen and oxygen atoms in total. The third-order valence-electron chi connectivity index (χ3n) is 4.68. The number of benzene rings is 1. The Hall–Kier alpha value is -1.79. The average molecular weight is 314 g/mol. The molecule has 2 aromatic rings. The maximum Gasteiger partial charge on any atom is 0.168 e. The van der Waals surface area contributed by atoms with Crippen LogP contribution in [-0.4, -0.2) is 63.2 Å². The number of aromatic nitrogens is 4. The molecule has 0 amide bonds. The van der Waals surface area contributed by atoms with E-state index in [9.17, 15) is 0 Å². The zero-order valence-corrected chi connectivity index (χ0v) is 14.1. The van der Waals surface area contributed by atoms with Crippen LogP contribution in [0.25, 0.3) is 0 Å². The maximum absolute atomic E-state index is 4.34. The highest BCUT2D eigenvalue weighted by atomic mass is 15.5. The topological polar surface area (TPSA) is 50.1 Å². The zero-order valence-electron chi connectivity index (χ0n) is 14.1. The number of hydrogen-bond donors (Lipinski definition) is 0. The fraction of sp³-hybridized carbons (Fsp3) is 0.588. The van der Waals surface area contributed by atoms with E-state index in [1.807, 2.05) is 10.7 Å². The lowest BCUT2D eigenvalue weighted by molar-refractivity contribution is 0.102. The first-order valence-electron chi connectivity index (χ1n) is 8.50. The summed E-state index contributed by atoms with van der Waals surface area (Å²) >= 11 is 0. The Bertz CT molecular complexity index is 588. The van der Waals surface area contributed by atoms with Crippen molar-refractivity contribution in [1.29, 1.82) is 0 Å². The molecule has 0 unspecified atom stereocenters. The molecule has 0 saturated carbocycles. The molecule has 6 heteroatoms. The van der Waals surface area contributed by atoms with Gasteiger partial charge in [-0.25, -0.2) is 4.68 Å². The van der Waals surface area contributed by atoms with E-state index in [-0.39, 0.29) is 0 Å². The molecule has 1 aromatic carbocycles. The molecule has 1 aliphatic heterocycles. The van der Waals surface area contributed by atoms with E-state index in [2.05, 4.69) is 63.6 Å². The van der Waals surface area contributed by atoms with Crippen LogP contribution in [-0.2, 0) is 13.0 Å². The van der Waals surface area contributed by atoms with Gasteiger partial charge < -0.3 is 4.90 Å². The van der Waals surface area contributed by atoms with Crippen molar-refractivity contribution in [3.63, 3.8) is 0 Å². The Labute approximate surface area is 138 Å². The first-order valence-corrected chi connectivity index (χ1v) is 8.50. The summed E-state index contributed by atoms with van der Waals surface area (Å²) in [6.07, 6.45) is 1.99. The van der Waals surface area contributed by atoms with Crippen LogP contribution in [0.4, 0.5) is 0 Å². The van der Waals surface area contributed by atoms with Gasteiger partial charge in [0.25, 0.3) is 0 Å². The minimum atomic E-state index is 0.314. The van der Waals surface area contributed by atoms with E-state index in [0.717, 1.165) is 51.4 Å². The molecular weight excluding hydrogens is 288 g/mol. The van der Waals surface area contributed by atoms with Gasteiger partial charge in [0, 0.05) is 32.7 Å². The molecule has 0 bridgehead atoms. The maximum atomic E-state index is 4.34. The predicted octanol–water partition coefficient (Wildman–Crippen LogP) is 1.61. The van der Waals surface area contributed by atoms with Crippen molar-refractivity contribution < 1.29 is 0 Å². The van der Waals surface area contributed by atoms with Crippen molar-refractivity contribution in [2.75, 3.05) is 33.2 Å². The highest BCUT2D eigenvalue weighted by Gasteiger charge is 2.26. The lowest BCUT2D eigenvalue weighted by Crippen LogP contribution is -2.46. The second kappa shape index (κ2) is 7.66. The van der Waals surface area contributed by atoms with Gasteiger partial charge >= 0.3 is 0 Å². The van der Waals surface area contributed by atoms with Crippen LogP contribution in [0.2, 0.25) is 0 Å². The molecule has 2 heterocycles. The van der Waals surface area contributed by atoms with E-state index in [0.29, 0.717) is 6.04 Å². The Morgan fingerprint density at radius 3 is 2.52 bits per heavy atom. The SMILES string of the molecule is CC[C@H](c1nnnn1CCc1ccccc1)N1CCN(C)CC1. The van der Waals surface area contributed by atoms with Gasteiger partial charge in [-0.15, -0.1) is 5.10 Å². The van der Waals surface area contributed by atoms with Gasteiger partial charge in [-0.1, -0.05) is 37.3 Å². The van der Waals surface area contributed by atoms with Gasteiger partial charge in [0.1, 0.15) is 0 Å². The summed E-state index contributed by atoms with van der Waals surface area (Å²) in [6.45, 7) is 7.45. The molecule has 0 radical (unpaired) electrons. The third kappa shape index (κ3) is 3.95. The largest absolute Gasteiger partial charge is 0.304 e. The van der Waals surface area contributed by atoms with Gasteiger partial charge in [-0.3, -0.25) is 4.90 Å². The summed E-state index contributed by atoms with van der Waals surface area (Å²) < 4.78 is 1.99. The van der Waals surface area contributed by atoms with E-state index in [1.54, 1.807) is 0 Å². The molecule has 3 rings (SSSR count). The summed E-state index contributed by atoms with van der Waals surface area (Å²) in [7, 11) is 2.18. The van der Waals surface area contributed by atoms with Gasteiger partial charge in [-0.05, 0) is 35.9 Å². The molecule has 1 atom stereocenters. The van der Waals surface area contributed by atoms with Crippen molar-refractivity contribution in [2.24, 2.45) is 0 Å². The smallest absolute Gasteiger partial charge is 0.168 e. The highest BCUT2D eigenvalue weighted by molar-refractivity contribution is 5.14. The summed E-state index contributed by atoms with van der Waals surface area (Å²) in [6, 6.07) is 10.8. The first kappa shape index (κ1) is 16.1. The fourth-order valence-corrected chi connectivity index (χ4v) is 3.23. The van der Waals surface area contributed by atoms with Crippen molar-refractivity contribution in [1.82, 2.24) is 30.0 Å². The summed E-state index contributed by atoms with van der Waals surface area (Å²) in [4.78, 5) is 4.90. The highest BCUT2D eigenvalue weighted by Crippen LogP contribution is 2.23. The first-order chi connectivity index (χ1) is 11.3. The molecule has 124 valence electrons. The van der Waals surface area contributed by atoms with Gasteiger partial charge in [0.15, 0.2) is 5.82 Å². The normalized spacial score (nSPS) is 18.2. The number of tetrazole rings is 1. The summed E-state index contributed by atoms with van der Waals surface area (Å²) in [5.74, 6) is 1.01. The van der Waals surface area contributed by atoms with Crippen LogP contribution >= 0.6 is 0 Å². The van der Waals surface area contributed by atoms with Gasteiger partial charge in [0.05, 0.1) is 6.04 Å². The molecule has 0 aliphatic carbocycles. The second-order valence-corrected chi connectivity index (χ2v) is 6.26. The van der Waals surface area contributed by atoms with Crippen LogP contribution in [0.1, 0.15) is 30.8 Å². The van der Waals surface area contributed by atoms with Crippen molar-refractivity contribution in [3.05, 3.63) is 41.7 Å². The number of rotatable bonds is 6. The summed E-state index contributed by atoms with van der Waals surface area (Å²) in [5.41, 5.74) is 1.32. The Morgan fingerprint density at radius 2 is 1.83 bits per heavy atom. The van der Waals surface area contributed by atoms with Crippen molar-refractivity contribution in [3.8, 4) is 0 Å². The van der Waals surface area contributed by atoms with Crippen LogP contribution in [0.3, 0.4) is 0 Å². The average Bonchev–Trinajstić information content (AvgIpc) is 3.05. The third-order valence-corrected chi connectivity index (χ3v) is 4.68. The minimum absolute atomic E-state index is 0.314. The molecule has 23 heavy (non-hydrogen) atoms. The standard InChI is InChI=1S/C17H26N6/c1-3-16(22-13-11-21(2)12-14-22)17-18-19-20-23(17)10-9-15-7-5-4-6-8-15/h4-8,16H,3,9-14H2,1-2H3/t16-/m1/s1. The monoisotopic (exact) mass is 314 g/mol. The minimum Gasteiger partial charge on any atom is -0.304 e. The lowest BCUT2D eigenvalue weighted by atomic mass is 10.1. The Kier molecular flexibility index (Phi) is 5.35. The molecular formula is C17H26N6. The molecule has 0 N–H and O–H groups in total. The Morgan fingerprint density at radius 1 is 1.09 bits per heavy atom. The number of likely N-dealkylation sites (N-methyl/N-ethyl adjacent to an activating group) is 1. The molecule has 1 fully saturated rings.